The van der Waals surface area contributed by atoms with Crippen LogP contribution in [-0.2, 0) is 28.4 Å². The van der Waals surface area contributed by atoms with Gasteiger partial charge in [0.2, 0.25) is 10.0 Å². The van der Waals surface area contributed by atoms with Crippen LogP contribution in [0.15, 0.2) is 53.6 Å². The molecule has 0 aliphatic carbocycles. The van der Waals surface area contributed by atoms with Crippen molar-refractivity contribution in [3.05, 3.63) is 60.0 Å². The molecule has 1 aliphatic heterocycles. The molecule has 0 atom stereocenters. The number of hydrogen-bond acceptors (Lipinski definition) is 4. The second kappa shape index (κ2) is 7.56. The lowest BCUT2D eigenvalue weighted by molar-refractivity contribution is 0.482. The Labute approximate surface area is 178 Å². The predicted octanol–water partition coefficient (Wildman–Crippen LogP) is 4.49. The molecule has 30 heavy (non-hydrogen) atoms. The molecule has 0 bridgehead atoms. The van der Waals surface area contributed by atoms with Crippen LogP contribution in [0.4, 0.5) is 0 Å². The number of aromatic nitrogens is 2. The van der Waals surface area contributed by atoms with Crippen molar-refractivity contribution < 1.29 is 13.2 Å². The van der Waals surface area contributed by atoms with Gasteiger partial charge in [-0.25, -0.2) is 18.1 Å². The number of imidazole rings is 1. The highest BCUT2D eigenvalue weighted by Gasteiger charge is 2.21. The summed E-state index contributed by atoms with van der Waals surface area (Å²) in [6.07, 6.45) is 3.99. The monoisotopic (exact) mass is 425 g/mol. The molecule has 0 spiro atoms. The fourth-order valence-electron chi connectivity index (χ4n) is 3.62. The highest BCUT2D eigenvalue weighted by Crippen LogP contribution is 2.36. The number of nitrogens with zero attached hydrogens (tertiary/aromatic N) is 2. The molecule has 2 heterocycles. The Hall–Kier alpha value is -2.64. The van der Waals surface area contributed by atoms with Crippen molar-refractivity contribution in [2.75, 3.05) is 7.05 Å². The quantitative estimate of drug-likeness (QED) is 0.653. The van der Waals surface area contributed by atoms with Crippen LogP contribution in [0.3, 0.4) is 0 Å². The molecule has 1 aromatic heterocycles. The maximum absolute atomic E-state index is 12.3. The van der Waals surface area contributed by atoms with Crippen molar-refractivity contribution >= 4 is 10.0 Å². The summed E-state index contributed by atoms with van der Waals surface area (Å²) in [5.41, 5.74) is 2.66. The lowest BCUT2D eigenvalue weighted by atomic mass is 9.87. The van der Waals surface area contributed by atoms with Crippen molar-refractivity contribution in [3.8, 4) is 22.8 Å². The highest BCUT2D eigenvalue weighted by molar-refractivity contribution is 7.89. The third kappa shape index (κ3) is 4.00. The van der Waals surface area contributed by atoms with E-state index in [0.29, 0.717) is 17.1 Å². The fourth-order valence-corrected chi connectivity index (χ4v) is 4.37. The zero-order valence-electron chi connectivity index (χ0n) is 17.8. The summed E-state index contributed by atoms with van der Waals surface area (Å²) in [4.78, 5) is 4.91. The molecule has 0 fully saturated rings. The number of sulfonamides is 1. The largest absolute Gasteiger partial charge is 0.457 e. The van der Waals surface area contributed by atoms with Crippen molar-refractivity contribution in [2.24, 2.45) is 0 Å². The minimum absolute atomic E-state index is 0.0594. The first kappa shape index (κ1) is 20.6. The Bertz CT molecular complexity index is 1150. The van der Waals surface area contributed by atoms with Gasteiger partial charge < -0.3 is 9.30 Å². The number of nitrogens with one attached hydrogen (secondary N) is 1. The second-order valence-corrected chi connectivity index (χ2v) is 10.5. The van der Waals surface area contributed by atoms with E-state index in [1.165, 1.54) is 12.6 Å². The summed E-state index contributed by atoms with van der Waals surface area (Å²) in [5.74, 6) is 2.29. The minimum atomic E-state index is -3.58. The molecule has 1 aliphatic rings. The number of fused-ring (bicyclic) bond motifs is 1. The lowest BCUT2D eigenvalue weighted by Crippen LogP contribution is -2.18. The molecule has 0 saturated heterocycles. The molecule has 0 saturated carbocycles. The SMILES string of the molecule is CNS(=O)(=O)c1ccc(Oc2ccc(C(C)(C)C)cc2)c(-c2cn3c(n2)CCC3)c1. The summed E-state index contributed by atoms with van der Waals surface area (Å²) in [6.45, 7) is 7.43. The van der Waals surface area contributed by atoms with Crippen LogP contribution in [0, 0.1) is 0 Å². The number of benzene rings is 2. The third-order valence-corrected chi connectivity index (χ3v) is 6.82. The predicted molar refractivity (Wildman–Crippen MR) is 117 cm³/mol. The zero-order chi connectivity index (χ0) is 21.5. The van der Waals surface area contributed by atoms with Gasteiger partial charge in [-0.05, 0) is 54.8 Å². The van der Waals surface area contributed by atoms with E-state index >= 15 is 0 Å². The van der Waals surface area contributed by atoms with Gasteiger partial charge in [0.25, 0.3) is 0 Å². The first-order valence-corrected chi connectivity index (χ1v) is 11.6. The van der Waals surface area contributed by atoms with E-state index in [0.717, 1.165) is 30.9 Å². The van der Waals surface area contributed by atoms with Gasteiger partial charge in [-0.15, -0.1) is 0 Å². The summed E-state index contributed by atoms with van der Waals surface area (Å²) in [7, 11) is -2.17. The second-order valence-electron chi connectivity index (χ2n) is 8.58. The normalized spacial score (nSPS) is 14.0. The van der Waals surface area contributed by atoms with E-state index in [9.17, 15) is 8.42 Å². The van der Waals surface area contributed by atoms with E-state index in [1.807, 2.05) is 18.3 Å². The summed E-state index contributed by atoms with van der Waals surface area (Å²) in [6, 6.07) is 12.9. The number of ether oxygens (including phenoxy) is 1. The van der Waals surface area contributed by atoms with Gasteiger partial charge in [0.1, 0.15) is 17.3 Å². The molecule has 6 nitrogen and oxygen atoms in total. The van der Waals surface area contributed by atoms with Crippen LogP contribution in [-0.4, -0.2) is 25.0 Å². The van der Waals surface area contributed by atoms with E-state index < -0.39 is 10.0 Å². The molecule has 4 rings (SSSR count). The van der Waals surface area contributed by atoms with Crippen molar-refractivity contribution in [1.29, 1.82) is 0 Å². The van der Waals surface area contributed by atoms with Crippen LogP contribution in [0.5, 0.6) is 11.5 Å². The first-order chi connectivity index (χ1) is 14.2. The summed E-state index contributed by atoms with van der Waals surface area (Å²) < 4.78 is 35.4. The van der Waals surface area contributed by atoms with Crippen LogP contribution >= 0.6 is 0 Å². The first-order valence-electron chi connectivity index (χ1n) is 10.1. The van der Waals surface area contributed by atoms with Gasteiger partial charge in [0.05, 0.1) is 10.6 Å². The topological polar surface area (TPSA) is 73.2 Å². The Balaban J connectivity index is 1.75. The molecular weight excluding hydrogens is 398 g/mol. The minimum Gasteiger partial charge on any atom is -0.457 e. The van der Waals surface area contributed by atoms with Gasteiger partial charge in [-0.2, -0.15) is 0 Å². The molecule has 0 unspecified atom stereocenters. The van der Waals surface area contributed by atoms with Crippen LogP contribution in [0.1, 0.15) is 38.6 Å². The Morgan fingerprint density at radius 1 is 1.10 bits per heavy atom. The molecule has 3 aromatic rings. The van der Waals surface area contributed by atoms with Gasteiger partial charge in [-0.1, -0.05) is 32.9 Å². The molecule has 7 heteroatoms. The van der Waals surface area contributed by atoms with Gasteiger partial charge in [-0.3, -0.25) is 0 Å². The standard InChI is InChI=1S/C23H27N3O3S/c1-23(2,3)16-7-9-17(10-8-16)29-21-12-11-18(30(27,28)24-4)14-19(21)20-15-26-13-5-6-22(26)25-20/h7-12,14-15,24H,5-6,13H2,1-4H3. The van der Waals surface area contributed by atoms with E-state index in [1.54, 1.807) is 18.2 Å². The number of hydrogen-bond donors (Lipinski definition) is 1. The van der Waals surface area contributed by atoms with E-state index in [4.69, 9.17) is 9.72 Å². The number of rotatable bonds is 5. The van der Waals surface area contributed by atoms with E-state index in [2.05, 4.69) is 42.2 Å². The van der Waals surface area contributed by atoms with Crippen molar-refractivity contribution in [1.82, 2.24) is 14.3 Å². The molecule has 1 N–H and O–H groups in total. The smallest absolute Gasteiger partial charge is 0.240 e. The van der Waals surface area contributed by atoms with Gasteiger partial charge in [0.15, 0.2) is 0 Å². The Morgan fingerprint density at radius 2 is 1.83 bits per heavy atom. The Kier molecular flexibility index (Phi) is 5.20. The number of aryl methyl sites for hydroxylation is 2. The van der Waals surface area contributed by atoms with Crippen LogP contribution in [0.2, 0.25) is 0 Å². The Morgan fingerprint density at radius 3 is 2.47 bits per heavy atom. The van der Waals surface area contributed by atoms with Crippen LogP contribution in [0.25, 0.3) is 11.3 Å². The zero-order valence-corrected chi connectivity index (χ0v) is 18.6. The molecular formula is C23H27N3O3S. The van der Waals surface area contributed by atoms with Crippen molar-refractivity contribution in [2.45, 2.75) is 50.5 Å². The maximum Gasteiger partial charge on any atom is 0.240 e. The van der Waals surface area contributed by atoms with Crippen LogP contribution < -0.4 is 9.46 Å². The summed E-state index contributed by atoms with van der Waals surface area (Å²) >= 11 is 0. The third-order valence-electron chi connectivity index (χ3n) is 5.41. The van der Waals surface area contributed by atoms with Crippen molar-refractivity contribution in [3.63, 3.8) is 0 Å². The average Bonchev–Trinajstić information content (AvgIpc) is 3.30. The maximum atomic E-state index is 12.3. The summed E-state index contributed by atoms with van der Waals surface area (Å²) in [5, 5.41) is 0. The molecule has 2 aromatic carbocycles. The van der Waals surface area contributed by atoms with Gasteiger partial charge in [0, 0.05) is 24.7 Å². The molecule has 0 radical (unpaired) electrons. The lowest BCUT2D eigenvalue weighted by Gasteiger charge is -2.19. The van der Waals surface area contributed by atoms with Gasteiger partial charge >= 0.3 is 0 Å². The fraction of sp³-hybridized carbons (Fsp3) is 0.348. The van der Waals surface area contributed by atoms with E-state index in [-0.39, 0.29) is 10.3 Å². The molecule has 0 amide bonds. The average molecular weight is 426 g/mol. The molecule has 158 valence electrons. The highest BCUT2D eigenvalue weighted by atomic mass is 32.2.